The average Bonchev–Trinajstić information content (AvgIpc) is 2.93. The van der Waals surface area contributed by atoms with Crippen LogP contribution in [0.3, 0.4) is 0 Å². The molecule has 1 heterocycles. The Morgan fingerprint density at radius 3 is 2.30 bits per heavy atom. The van der Waals surface area contributed by atoms with Gasteiger partial charge in [0, 0.05) is 5.69 Å². The summed E-state index contributed by atoms with van der Waals surface area (Å²) in [6, 6.07) is 8.30. The number of benzene rings is 1. The Kier molecular flexibility index (Phi) is 4.76. The van der Waals surface area contributed by atoms with Crippen LogP contribution in [-0.4, -0.2) is 25.8 Å². The molecule has 1 atom stereocenters. The van der Waals surface area contributed by atoms with Gasteiger partial charge in [-0.2, -0.15) is 8.78 Å². The van der Waals surface area contributed by atoms with E-state index >= 15 is 0 Å². The molecule has 0 aliphatic carbocycles. The number of hydrogen-bond donors (Lipinski definition) is 2. The number of rotatable bonds is 6. The molecular weight excluding hydrogens is 328 g/mol. The first-order valence-electron chi connectivity index (χ1n) is 6.78. The largest absolute Gasteiger partial charge is 0.463 e. The van der Waals surface area contributed by atoms with Gasteiger partial charge in [0.15, 0.2) is 0 Å². The fourth-order valence-electron chi connectivity index (χ4n) is 1.95. The standard InChI is InChI=1S/C15H17F2NO4S/c1-10-3-8-13(22-10)15(2,19)9-18-11-4-6-12(7-5-11)23(20,21)14(16)17/h3-8,14,18-19H,9H2,1-2H3. The van der Waals surface area contributed by atoms with Crippen molar-refractivity contribution in [2.45, 2.75) is 30.1 Å². The van der Waals surface area contributed by atoms with Gasteiger partial charge >= 0.3 is 5.76 Å². The number of nitrogens with one attached hydrogen (secondary N) is 1. The molecule has 0 aliphatic rings. The Morgan fingerprint density at radius 2 is 1.83 bits per heavy atom. The third kappa shape index (κ3) is 3.89. The summed E-state index contributed by atoms with van der Waals surface area (Å²) < 4.78 is 52.9. The van der Waals surface area contributed by atoms with Crippen LogP contribution in [0.2, 0.25) is 0 Å². The Hall–Kier alpha value is -1.93. The van der Waals surface area contributed by atoms with E-state index in [1.165, 1.54) is 12.1 Å². The first kappa shape index (κ1) is 17.4. The quantitative estimate of drug-likeness (QED) is 0.841. The molecule has 2 rings (SSSR count). The highest BCUT2D eigenvalue weighted by atomic mass is 32.2. The summed E-state index contributed by atoms with van der Waals surface area (Å²) >= 11 is 0. The van der Waals surface area contributed by atoms with E-state index in [1.54, 1.807) is 26.0 Å². The normalized spacial score (nSPS) is 14.7. The number of alkyl halides is 2. The van der Waals surface area contributed by atoms with Gasteiger partial charge in [0.25, 0.3) is 0 Å². The third-order valence-electron chi connectivity index (χ3n) is 3.33. The molecule has 1 aromatic heterocycles. The topological polar surface area (TPSA) is 79.5 Å². The van der Waals surface area contributed by atoms with Crippen molar-refractivity contribution in [1.82, 2.24) is 0 Å². The van der Waals surface area contributed by atoms with Gasteiger partial charge in [-0.05, 0) is 50.2 Å². The number of aliphatic hydroxyl groups is 1. The highest BCUT2D eigenvalue weighted by Gasteiger charge is 2.28. The fraction of sp³-hybridized carbons (Fsp3) is 0.333. The van der Waals surface area contributed by atoms with E-state index in [9.17, 15) is 22.3 Å². The van der Waals surface area contributed by atoms with Crippen molar-refractivity contribution in [3.63, 3.8) is 0 Å². The molecule has 0 saturated heterocycles. The number of anilines is 1. The molecule has 0 radical (unpaired) electrons. The van der Waals surface area contributed by atoms with Gasteiger partial charge in [-0.25, -0.2) is 8.42 Å². The van der Waals surface area contributed by atoms with Crippen LogP contribution >= 0.6 is 0 Å². The van der Waals surface area contributed by atoms with Crippen LogP contribution in [0.25, 0.3) is 0 Å². The third-order valence-corrected chi connectivity index (χ3v) is 4.72. The molecule has 0 bridgehead atoms. The van der Waals surface area contributed by atoms with Crippen LogP contribution in [-0.2, 0) is 15.4 Å². The second kappa shape index (κ2) is 6.29. The maximum atomic E-state index is 12.4. The predicted octanol–water partition coefficient (Wildman–Crippen LogP) is 2.90. The summed E-state index contributed by atoms with van der Waals surface area (Å²) in [7, 11) is -4.60. The molecule has 0 spiro atoms. The van der Waals surface area contributed by atoms with Gasteiger partial charge in [-0.15, -0.1) is 0 Å². The molecule has 8 heteroatoms. The molecule has 5 nitrogen and oxygen atoms in total. The van der Waals surface area contributed by atoms with Crippen LogP contribution in [0, 0.1) is 6.92 Å². The molecule has 23 heavy (non-hydrogen) atoms. The highest BCUT2D eigenvalue weighted by Crippen LogP contribution is 2.24. The smallest absolute Gasteiger partial charge is 0.341 e. The maximum Gasteiger partial charge on any atom is 0.341 e. The van der Waals surface area contributed by atoms with Crippen molar-refractivity contribution in [2.24, 2.45) is 0 Å². The lowest BCUT2D eigenvalue weighted by atomic mass is 10.0. The van der Waals surface area contributed by atoms with Crippen LogP contribution in [0.1, 0.15) is 18.4 Å². The minimum Gasteiger partial charge on any atom is -0.463 e. The SMILES string of the molecule is Cc1ccc(C(C)(O)CNc2ccc(S(=O)(=O)C(F)F)cc2)o1. The maximum absolute atomic E-state index is 12.4. The summed E-state index contributed by atoms with van der Waals surface area (Å²) in [5.74, 6) is -2.40. The zero-order valence-electron chi connectivity index (χ0n) is 12.6. The fourth-order valence-corrected chi connectivity index (χ4v) is 2.67. The van der Waals surface area contributed by atoms with Crippen molar-refractivity contribution < 1.29 is 26.7 Å². The minimum atomic E-state index is -4.60. The summed E-state index contributed by atoms with van der Waals surface area (Å²) in [5, 5.41) is 13.3. The van der Waals surface area contributed by atoms with Gasteiger partial charge < -0.3 is 14.8 Å². The van der Waals surface area contributed by atoms with Gasteiger partial charge in [-0.1, -0.05) is 0 Å². The number of halogens is 2. The van der Waals surface area contributed by atoms with Gasteiger partial charge in [0.05, 0.1) is 11.4 Å². The zero-order chi connectivity index (χ0) is 17.3. The number of aryl methyl sites for hydroxylation is 1. The van der Waals surface area contributed by atoms with Gasteiger partial charge in [0.2, 0.25) is 9.84 Å². The summed E-state index contributed by atoms with van der Waals surface area (Å²) in [5.41, 5.74) is -0.788. The molecule has 0 amide bonds. The van der Waals surface area contributed by atoms with Crippen molar-refractivity contribution in [3.05, 3.63) is 47.9 Å². The number of sulfone groups is 1. The average molecular weight is 345 g/mol. The lowest BCUT2D eigenvalue weighted by molar-refractivity contribution is 0.0468. The van der Waals surface area contributed by atoms with E-state index in [-0.39, 0.29) is 6.54 Å². The van der Waals surface area contributed by atoms with Crippen LogP contribution in [0.5, 0.6) is 0 Å². The first-order chi connectivity index (χ1) is 10.6. The van der Waals surface area contributed by atoms with Crippen LogP contribution in [0.15, 0.2) is 45.7 Å². The molecule has 0 aliphatic heterocycles. The van der Waals surface area contributed by atoms with E-state index in [0.29, 0.717) is 17.2 Å². The Bertz CT molecular complexity index is 767. The molecule has 0 saturated carbocycles. The molecule has 1 unspecified atom stereocenters. The Morgan fingerprint density at radius 1 is 1.22 bits per heavy atom. The zero-order valence-corrected chi connectivity index (χ0v) is 13.4. The lowest BCUT2D eigenvalue weighted by Gasteiger charge is -2.22. The molecule has 126 valence electrons. The Balaban J connectivity index is 2.07. The van der Waals surface area contributed by atoms with E-state index in [1.807, 2.05) is 0 Å². The molecule has 1 aromatic carbocycles. The van der Waals surface area contributed by atoms with E-state index < -0.39 is 26.1 Å². The van der Waals surface area contributed by atoms with Crippen molar-refractivity contribution in [3.8, 4) is 0 Å². The van der Waals surface area contributed by atoms with Crippen molar-refractivity contribution in [2.75, 3.05) is 11.9 Å². The van der Waals surface area contributed by atoms with Gasteiger partial charge in [0.1, 0.15) is 17.1 Å². The molecule has 2 aromatic rings. The lowest BCUT2D eigenvalue weighted by Crippen LogP contribution is -2.30. The van der Waals surface area contributed by atoms with Crippen molar-refractivity contribution in [1.29, 1.82) is 0 Å². The summed E-state index contributed by atoms with van der Waals surface area (Å²) in [6.07, 6.45) is 0. The van der Waals surface area contributed by atoms with E-state index in [4.69, 9.17) is 4.42 Å². The molecule has 2 N–H and O–H groups in total. The molecular formula is C15H17F2NO4S. The molecule has 0 fully saturated rings. The monoisotopic (exact) mass is 345 g/mol. The van der Waals surface area contributed by atoms with E-state index in [2.05, 4.69) is 5.32 Å². The van der Waals surface area contributed by atoms with Crippen LogP contribution < -0.4 is 5.32 Å². The minimum absolute atomic E-state index is 0.0981. The van der Waals surface area contributed by atoms with Crippen LogP contribution in [0.4, 0.5) is 14.5 Å². The second-order valence-corrected chi connectivity index (χ2v) is 7.29. The second-order valence-electron chi connectivity index (χ2n) is 5.37. The predicted molar refractivity (Wildman–Crippen MR) is 81.1 cm³/mol. The van der Waals surface area contributed by atoms with Crippen molar-refractivity contribution >= 4 is 15.5 Å². The first-order valence-corrected chi connectivity index (χ1v) is 8.33. The summed E-state index contributed by atoms with van der Waals surface area (Å²) in [6.45, 7) is 3.42. The van der Waals surface area contributed by atoms with E-state index in [0.717, 1.165) is 12.1 Å². The number of hydrogen-bond acceptors (Lipinski definition) is 5. The van der Waals surface area contributed by atoms with Gasteiger partial charge in [-0.3, -0.25) is 0 Å². The summed E-state index contributed by atoms with van der Waals surface area (Å²) in [4.78, 5) is -0.452. The Labute approximate surface area is 132 Å². The number of furan rings is 1. The highest BCUT2D eigenvalue weighted by molar-refractivity contribution is 7.91.